The zero-order valence-corrected chi connectivity index (χ0v) is 19.1. The first kappa shape index (κ1) is 23.5. The molecular formula is C26H22N2O7. The van der Waals surface area contributed by atoms with Gasteiger partial charge in [0.15, 0.2) is 0 Å². The molecule has 1 aliphatic heterocycles. The third kappa shape index (κ3) is 4.98. The number of methoxy groups -OCH3 is 1. The Bertz CT molecular complexity index is 1320. The van der Waals surface area contributed by atoms with Crippen LogP contribution in [-0.2, 0) is 19.1 Å². The number of carbonyl (C=O) groups is 4. The molecule has 0 bridgehead atoms. The minimum absolute atomic E-state index is 0.111. The van der Waals surface area contributed by atoms with Gasteiger partial charge in [-0.3, -0.25) is 15.0 Å². The Hall–Kier alpha value is -4.66. The summed E-state index contributed by atoms with van der Waals surface area (Å²) in [7, 11) is 1.27. The van der Waals surface area contributed by atoms with Crippen molar-refractivity contribution in [3.05, 3.63) is 83.1 Å². The summed E-state index contributed by atoms with van der Waals surface area (Å²) < 4.78 is 15.6. The van der Waals surface area contributed by atoms with Crippen LogP contribution in [0.1, 0.15) is 39.8 Å². The average Bonchev–Trinajstić information content (AvgIpc) is 3.47. The summed E-state index contributed by atoms with van der Waals surface area (Å²) in [5, 5.41) is 1.09. The quantitative estimate of drug-likeness (QED) is 0.315. The Kier molecular flexibility index (Phi) is 6.77. The van der Waals surface area contributed by atoms with Crippen LogP contribution in [0.3, 0.4) is 0 Å². The van der Waals surface area contributed by atoms with E-state index in [2.05, 4.69) is 10.2 Å². The number of nitrogens with zero attached hydrogens (tertiary/aromatic N) is 1. The molecule has 35 heavy (non-hydrogen) atoms. The van der Waals surface area contributed by atoms with Crippen LogP contribution in [0.2, 0.25) is 0 Å². The highest BCUT2D eigenvalue weighted by atomic mass is 16.5. The van der Waals surface area contributed by atoms with E-state index in [-0.39, 0.29) is 5.57 Å². The maximum atomic E-state index is 12.9. The second-order valence-electron chi connectivity index (χ2n) is 7.60. The number of hydrazine groups is 1. The van der Waals surface area contributed by atoms with Crippen molar-refractivity contribution in [1.82, 2.24) is 5.43 Å². The minimum Gasteiger partial charge on any atom is -0.465 e. The van der Waals surface area contributed by atoms with Crippen molar-refractivity contribution in [1.29, 1.82) is 0 Å². The zero-order valence-electron chi connectivity index (χ0n) is 19.1. The summed E-state index contributed by atoms with van der Waals surface area (Å²) in [6.45, 7) is 2.25. The van der Waals surface area contributed by atoms with Gasteiger partial charge in [0.25, 0.3) is 11.8 Å². The number of furan rings is 1. The highest BCUT2D eigenvalue weighted by Crippen LogP contribution is 2.27. The lowest BCUT2D eigenvalue weighted by atomic mass is 10.1. The van der Waals surface area contributed by atoms with Gasteiger partial charge >= 0.3 is 11.9 Å². The lowest BCUT2D eigenvalue weighted by Gasteiger charge is -2.14. The van der Waals surface area contributed by atoms with Crippen LogP contribution in [0.25, 0.3) is 17.4 Å². The van der Waals surface area contributed by atoms with Crippen LogP contribution >= 0.6 is 0 Å². The van der Waals surface area contributed by atoms with Crippen LogP contribution in [0.15, 0.2) is 70.7 Å². The summed E-state index contributed by atoms with van der Waals surface area (Å²) in [4.78, 5) is 49.1. The molecule has 2 heterocycles. The zero-order chi connectivity index (χ0) is 24.9. The number of hydrogen-bond acceptors (Lipinski definition) is 7. The van der Waals surface area contributed by atoms with Gasteiger partial charge in [0.05, 0.1) is 30.5 Å². The van der Waals surface area contributed by atoms with E-state index >= 15 is 0 Å². The molecule has 0 saturated carbocycles. The van der Waals surface area contributed by atoms with Gasteiger partial charge in [0.1, 0.15) is 17.1 Å². The molecule has 9 nitrogen and oxygen atoms in total. The first-order chi connectivity index (χ1) is 16.9. The number of hydrogen-bond donors (Lipinski definition) is 1. The molecule has 9 heteroatoms. The summed E-state index contributed by atoms with van der Waals surface area (Å²) in [5.41, 5.74) is 4.12. The normalized spacial score (nSPS) is 14.2. The van der Waals surface area contributed by atoms with Crippen molar-refractivity contribution >= 4 is 35.5 Å². The van der Waals surface area contributed by atoms with Gasteiger partial charge in [-0.05, 0) is 61.0 Å². The topological polar surface area (TPSA) is 115 Å². The predicted molar refractivity (Wildman–Crippen MR) is 126 cm³/mol. The van der Waals surface area contributed by atoms with Crippen molar-refractivity contribution in [2.45, 2.75) is 13.3 Å². The fourth-order valence-corrected chi connectivity index (χ4v) is 3.41. The number of amides is 2. The Morgan fingerprint density at radius 1 is 1.00 bits per heavy atom. The minimum atomic E-state index is -0.592. The van der Waals surface area contributed by atoms with Gasteiger partial charge < -0.3 is 13.9 Å². The SMILES string of the molecule is CCCOC(=O)c1cccc(-c2ccc(/C=C3/C(=O)NN(c4ccc(C(=O)OC)cc4)C3=O)o2)c1. The largest absolute Gasteiger partial charge is 0.465 e. The van der Waals surface area contributed by atoms with Gasteiger partial charge in [-0.15, -0.1) is 0 Å². The molecule has 3 aromatic rings. The van der Waals surface area contributed by atoms with Gasteiger partial charge in [0.2, 0.25) is 0 Å². The van der Waals surface area contributed by atoms with E-state index in [1.54, 1.807) is 36.4 Å². The highest BCUT2D eigenvalue weighted by molar-refractivity contribution is 6.31. The summed E-state index contributed by atoms with van der Waals surface area (Å²) in [5.74, 6) is -1.34. The van der Waals surface area contributed by atoms with Gasteiger partial charge in [-0.1, -0.05) is 19.1 Å². The summed E-state index contributed by atoms with van der Waals surface area (Å²) in [6.07, 6.45) is 2.08. The molecule has 1 fully saturated rings. The maximum Gasteiger partial charge on any atom is 0.338 e. The van der Waals surface area contributed by atoms with Gasteiger partial charge in [-0.2, -0.15) is 0 Å². The van der Waals surface area contributed by atoms with Crippen LogP contribution in [0, 0.1) is 0 Å². The third-order valence-corrected chi connectivity index (χ3v) is 5.17. The van der Waals surface area contributed by atoms with Crippen LogP contribution in [0.5, 0.6) is 0 Å². The maximum absolute atomic E-state index is 12.9. The molecule has 0 radical (unpaired) electrons. The van der Waals surface area contributed by atoms with E-state index in [0.717, 1.165) is 11.4 Å². The lowest BCUT2D eigenvalue weighted by Crippen LogP contribution is -2.35. The molecule has 0 aliphatic carbocycles. The second kappa shape index (κ2) is 10.1. The number of ether oxygens (including phenoxy) is 2. The molecule has 1 N–H and O–H groups in total. The van der Waals surface area contributed by atoms with Gasteiger partial charge in [-0.25, -0.2) is 14.6 Å². The Morgan fingerprint density at radius 3 is 2.49 bits per heavy atom. The first-order valence-corrected chi connectivity index (χ1v) is 10.8. The number of benzene rings is 2. The molecule has 178 valence electrons. The molecular weight excluding hydrogens is 452 g/mol. The van der Waals surface area contributed by atoms with E-state index in [9.17, 15) is 19.2 Å². The third-order valence-electron chi connectivity index (χ3n) is 5.17. The van der Waals surface area contributed by atoms with E-state index in [0.29, 0.717) is 40.5 Å². The summed E-state index contributed by atoms with van der Waals surface area (Å²) >= 11 is 0. The fourth-order valence-electron chi connectivity index (χ4n) is 3.41. The van der Waals surface area contributed by atoms with Crippen molar-refractivity contribution < 1.29 is 33.1 Å². The predicted octanol–water partition coefficient (Wildman–Crippen LogP) is 3.76. The van der Waals surface area contributed by atoms with Crippen molar-refractivity contribution in [2.75, 3.05) is 18.7 Å². The van der Waals surface area contributed by atoms with E-state index in [1.807, 2.05) is 6.92 Å². The Labute approximate surface area is 200 Å². The molecule has 0 unspecified atom stereocenters. The first-order valence-electron chi connectivity index (χ1n) is 10.8. The van der Waals surface area contributed by atoms with Crippen LogP contribution in [-0.4, -0.2) is 37.5 Å². The molecule has 1 aromatic heterocycles. The van der Waals surface area contributed by atoms with Crippen molar-refractivity contribution in [3.63, 3.8) is 0 Å². The van der Waals surface area contributed by atoms with Crippen LogP contribution < -0.4 is 10.4 Å². The number of carbonyl (C=O) groups excluding carboxylic acids is 4. The van der Waals surface area contributed by atoms with Crippen molar-refractivity contribution in [3.8, 4) is 11.3 Å². The van der Waals surface area contributed by atoms with E-state index in [4.69, 9.17) is 9.15 Å². The fraction of sp³-hybridized carbons (Fsp3) is 0.154. The second-order valence-corrected chi connectivity index (χ2v) is 7.60. The molecule has 2 aromatic carbocycles. The Morgan fingerprint density at radius 2 is 1.77 bits per heavy atom. The van der Waals surface area contributed by atoms with E-state index < -0.39 is 23.8 Å². The molecule has 1 aliphatic rings. The average molecular weight is 474 g/mol. The highest BCUT2D eigenvalue weighted by Gasteiger charge is 2.34. The molecule has 4 rings (SSSR count). The molecule has 0 spiro atoms. The number of esters is 2. The summed E-state index contributed by atoms with van der Waals surface area (Å²) in [6, 6.07) is 16.1. The number of nitrogens with one attached hydrogen (secondary N) is 1. The molecule has 2 amide bonds. The smallest absolute Gasteiger partial charge is 0.338 e. The molecule has 0 atom stereocenters. The van der Waals surface area contributed by atoms with Crippen molar-refractivity contribution in [2.24, 2.45) is 0 Å². The van der Waals surface area contributed by atoms with Gasteiger partial charge in [0, 0.05) is 5.56 Å². The number of rotatable bonds is 7. The number of anilines is 1. The Balaban J connectivity index is 1.53. The standard InChI is InChI=1S/C26H22N2O7/c1-3-13-34-26(32)18-6-4-5-17(14-18)22-12-11-20(35-22)15-21-23(29)27-28(24(21)30)19-9-7-16(8-10-19)25(31)33-2/h4-12,14-15H,3,13H2,1-2H3,(H,27,29)/b21-15-. The molecule has 1 saturated heterocycles. The lowest BCUT2D eigenvalue weighted by molar-refractivity contribution is -0.117. The van der Waals surface area contributed by atoms with E-state index in [1.165, 1.54) is 37.5 Å². The van der Waals surface area contributed by atoms with Crippen LogP contribution in [0.4, 0.5) is 5.69 Å². The monoisotopic (exact) mass is 474 g/mol.